The summed E-state index contributed by atoms with van der Waals surface area (Å²) in [5.74, 6) is 2.63. The predicted molar refractivity (Wildman–Crippen MR) is 112 cm³/mol. The van der Waals surface area contributed by atoms with Crippen LogP contribution in [0.15, 0.2) is 51.7 Å². The van der Waals surface area contributed by atoms with Gasteiger partial charge in [-0.25, -0.2) is 9.97 Å². The van der Waals surface area contributed by atoms with Gasteiger partial charge in [0.2, 0.25) is 11.7 Å². The van der Waals surface area contributed by atoms with Gasteiger partial charge in [-0.3, -0.25) is 4.68 Å². The highest BCUT2D eigenvalue weighted by atomic mass is 16.5. The Morgan fingerprint density at radius 3 is 2.63 bits per heavy atom. The van der Waals surface area contributed by atoms with Gasteiger partial charge in [0.05, 0.1) is 17.3 Å². The van der Waals surface area contributed by atoms with E-state index in [1.807, 2.05) is 69.5 Å². The normalized spacial score (nSPS) is 11.3. The van der Waals surface area contributed by atoms with Gasteiger partial charge < -0.3 is 13.8 Å². The van der Waals surface area contributed by atoms with E-state index >= 15 is 0 Å². The van der Waals surface area contributed by atoms with Crippen LogP contribution >= 0.6 is 0 Å². The lowest BCUT2D eigenvalue weighted by molar-refractivity contribution is 0.430. The first-order valence-electron chi connectivity index (χ1n) is 9.37. The Morgan fingerprint density at radius 1 is 1.03 bits per heavy atom. The van der Waals surface area contributed by atoms with Crippen molar-refractivity contribution >= 4 is 16.7 Å². The molecule has 0 aliphatic carbocycles. The number of aryl methyl sites for hydroxylation is 2. The molecule has 30 heavy (non-hydrogen) atoms. The smallest absolute Gasteiger partial charge is 0.280 e. The first-order chi connectivity index (χ1) is 14.5. The Bertz CT molecular complexity index is 1360. The van der Waals surface area contributed by atoms with Crippen LogP contribution in [0.4, 0.5) is 5.82 Å². The molecule has 0 bridgehead atoms. The molecular weight excluding hydrogens is 382 g/mol. The van der Waals surface area contributed by atoms with Crippen LogP contribution in [-0.2, 0) is 7.05 Å². The monoisotopic (exact) mass is 401 g/mol. The van der Waals surface area contributed by atoms with Crippen LogP contribution in [0.5, 0.6) is 0 Å². The maximum atomic E-state index is 5.80. The fourth-order valence-corrected chi connectivity index (χ4v) is 3.25. The first kappa shape index (κ1) is 18.0. The molecule has 4 aromatic heterocycles. The molecule has 9 nitrogen and oxygen atoms in total. The molecule has 0 radical (unpaired) electrons. The SMILES string of the molecule is Cc1oc(-c2cnn(C)c2)nc1-c1nc(-c2cc(N(C)C)nc3ccccc23)no1. The Morgan fingerprint density at radius 2 is 1.87 bits per heavy atom. The highest BCUT2D eigenvalue weighted by Gasteiger charge is 2.21. The topological polar surface area (TPSA) is 98.9 Å². The summed E-state index contributed by atoms with van der Waals surface area (Å²) in [6.45, 7) is 1.82. The average molecular weight is 401 g/mol. The standard InChI is InChI=1S/C21H19N7O2/c1-12-18(24-20(29-12)13-10-22-28(4)11-13)21-25-19(26-30-21)15-9-17(27(2)3)23-16-8-6-5-7-14(15)16/h5-11H,1-4H3. The molecule has 5 rings (SSSR count). The lowest BCUT2D eigenvalue weighted by atomic mass is 10.1. The number of anilines is 1. The minimum Gasteiger partial charge on any atom is -0.440 e. The zero-order valence-corrected chi connectivity index (χ0v) is 17.0. The third-order valence-corrected chi connectivity index (χ3v) is 4.78. The lowest BCUT2D eigenvalue weighted by Crippen LogP contribution is -2.10. The van der Waals surface area contributed by atoms with Gasteiger partial charge >= 0.3 is 0 Å². The fraction of sp³-hybridized carbons (Fsp3) is 0.190. The van der Waals surface area contributed by atoms with Crippen LogP contribution in [0.25, 0.3) is 45.3 Å². The van der Waals surface area contributed by atoms with Crippen molar-refractivity contribution in [2.24, 2.45) is 7.05 Å². The molecule has 0 atom stereocenters. The Hall–Kier alpha value is -4.01. The van der Waals surface area contributed by atoms with Crippen molar-refractivity contribution < 1.29 is 8.94 Å². The summed E-state index contributed by atoms with van der Waals surface area (Å²) in [7, 11) is 5.73. The number of nitrogens with zero attached hydrogens (tertiary/aromatic N) is 7. The van der Waals surface area contributed by atoms with Crippen LogP contribution in [0.3, 0.4) is 0 Å². The second-order valence-corrected chi connectivity index (χ2v) is 7.19. The number of rotatable bonds is 4. The molecule has 0 N–H and O–H groups in total. The van der Waals surface area contributed by atoms with Gasteiger partial charge in [-0.2, -0.15) is 10.1 Å². The summed E-state index contributed by atoms with van der Waals surface area (Å²) in [5.41, 5.74) is 3.00. The predicted octanol–water partition coefficient (Wildman–Crippen LogP) is 3.71. The minimum absolute atomic E-state index is 0.300. The van der Waals surface area contributed by atoms with E-state index in [9.17, 15) is 0 Å². The molecular formula is C21H19N7O2. The quantitative estimate of drug-likeness (QED) is 0.449. The van der Waals surface area contributed by atoms with Crippen molar-refractivity contribution in [3.63, 3.8) is 0 Å². The van der Waals surface area contributed by atoms with E-state index in [1.54, 1.807) is 10.9 Å². The molecule has 9 heteroatoms. The largest absolute Gasteiger partial charge is 0.440 e. The van der Waals surface area contributed by atoms with Crippen LogP contribution < -0.4 is 4.90 Å². The Balaban J connectivity index is 1.60. The summed E-state index contributed by atoms with van der Waals surface area (Å²) in [4.78, 5) is 15.8. The summed E-state index contributed by atoms with van der Waals surface area (Å²) in [6.07, 6.45) is 3.53. The molecule has 0 spiro atoms. The molecule has 5 aromatic rings. The number of pyridine rings is 1. The third kappa shape index (κ3) is 3.00. The lowest BCUT2D eigenvalue weighted by Gasteiger charge is -2.13. The number of hydrogen-bond donors (Lipinski definition) is 0. The summed E-state index contributed by atoms with van der Waals surface area (Å²) in [5, 5.41) is 9.31. The minimum atomic E-state index is 0.300. The fourth-order valence-electron chi connectivity index (χ4n) is 3.25. The van der Waals surface area contributed by atoms with Crippen molar-refractivity contribution in [1.82, 2.24) is 29.9 Å². The Kier molecular flexibility index (Phi) is 4.09. The molecule has 4 heterocycles. The number of para-hydroxylation sites is 1. The zero-order valence-electron chi connectivity index (χ0n) is 17.0. The van der Waals surface area contributed by atoms with Gasteiger partial charge in [-0.15, -0.1) is 0 Å². The van der Waals surface area contributed by atoms with Crippen LogP contribution in [0, 0.1) is 6.92 Å². The van der Waals surface area contributed by atoms with E-state index < -0.39 is 0 Å². The van der Waals surface area contributed by atoms with E-state index in [1.165, 1.54) is 0 Å². The summed E-state index contributed by atoms with van der Waals surface area (Å²) < 4.78 is 13.0. The molecule has 0 fully saturated rings. The van der Waals surface area contributed by atoms with Crippen LogP contribution in [0.1, 0.15) is 5.76 Å². The van der Waals surface area contributed by atoms with Crippen molar-refractivity contribution in [2.75, 3.05) is 19.0 Å². The van der Waals surface area contributed by atoms with Crippen LogP contribution in [0.2, 0.25) is 0 Å². The van der Waals surface area contributed by atoms with Gasteiger partial charge in [-0.1, -0.05) is 23.4 Å². The third-order valence-electron chi connectivity index (χ3n) is 4.78. The zero-order chi connectivity index (χ0) is 20.8. The number of hydrogen-bond acceptors (Lipinski definition) is 8. The first-order valence-corrected chi connectivity index (χ1v) is 9.37. The molecule has 0 aliphatic heterocycles. The van der Waals surface area contributed by atoms with Gasteiger partial charge in [0.15, 0.2) is 5.69 Å². The van der Waals surface area contributed by atoms with Gasteiger partial charge in [0.25, 0.3) is 5.89 Å². The molecule has 0 unspecified atom stereocenters. The second kappa shape index (κ2) is 6.80. The van der Waals surface area contributed by atoms with Crippen molar-refractivity contribution in [3.05, 3.63) is 48.5 Å². The van der Waals surface area contributed by atoms with Crippen molar-refractivity contribution in [3.8, 4) is 34.4 Å². The van der Waals surface area contributed by atoms with Gasteiger partial charge in [0, 0.05) is 38.3 Å². The number of aromatic nitrogens is 6. The van der Waals surface area contributed by atoms with Gasteiger partial charge in [0.1, 0.15) is 11.6 Å². The molecule has 0 saturated heterocycles. The van der Waals surface area contributed by atoms with Crippen molar-refractivity contribution in [2.45, 2.75) is 6.92 Å². The average Bonchev–Trinajstić information content (AvgIpc) is 3.46. The van der Waals surface area contributed by atoms with E-state index in [2.05, 4.69) is 25.2 Å². The molecule has 150 valence electrons. The highest BCUT2D eigenvalue weighted by Crippen LogP contribution is 2.32. The molecule has 0 aliphatic rings. The molecule has 0 saturated carbocycles. The molecule has 1 aromatic carbocycles. The Labute approximate surface area is 172 Å². The maximum Gasteiger partial charge on any atom is 0.280 e. The number of fused-ring (bicyclic) bond motifs is 1. The maximum absolute atomic E-state index is 5.80. The molecule has 0 amide bonds. The van der Waals surface area contributed by atoms with Crippen LogP contribution in [-0.4, -0.2) is 44.0 Å². The van der Waals surface area contributed by atoms with Gasteiger partial charge in [-0.05, 0) is 19.1 Å². The second-order valence-electron chi connectivity index (χ2n) is 7.19. The number of oxazole rings is 1. The van der Waals surface area contributed by atoms with E-state index in [0.717, 1.165) is 27.8 Å². The van der Waals surface area contributed by atoms with Crippen molar-refractivity contribution in [1.29, 1.82) is 0 Å². The van der Waals surface area contributed by atoms with E-state index in [0.29, 0.717) is 29.1 Å². The highest BCUT2D eigenvalue weighted by molar-refractivity contribution is 5.94. The van der Waals surface area contributed by atoms with E-state index in [4.69, 9.17) is 8.94 Å². The number of benzene rings is 1. The summed E-state index contributed by atoms with van der Waals surface area (Å²) in [6, 6.07) is 9.84. The van der Waals surface area contributed by atoms with E-state index in [-0.39, 0.29) is 0 Å². The summed E-state index contributed by atoms with van der Waals surface area (Å²) >= 11 is 0.